The van der Waals surface area contributed by atoms with Gasteiger partial charge in [0.1, 0.15) is 0 Å². The number of aromatic nitrogens is 1. The van der Waals surface area contributed by atoms with E-state index in [1.807, 2.05) is 24.8 Å². The number of nitrogens with one attached hydrogen (secondary N) is 1. The Hall–Kier alpha value is -1.58. The molecule has 1 unspecified atom stereocenters. The van der Waals surface area contributed by atoms with Crippen molar-refractivity contribution in [3.8, 4) is 0 Å². The van der Waals surface area contributed by atoms with Crippen LogP contribution in [-0.4, -0.2) is 34.9 Å². The number of hydrogen-bond donors (Lipinski definition) is 1. The van der Waals surface area contributed by atoms with E-state index >= 15 is 0 Å². The molecular formula is C14H21N3O. The van der Waals surface area contributed by atoms with Gasteiger partial charge in [0.25, 0.3) is 5.91 Å². The van der Waals surface area contributed by atoms with Crippen LogP contribution in [0.1, 0.15) is 42.7 Å². The van der Waals surface area contributed by atoms with Gasteiger partial charge in [-0.25, -0.2) is 0 Å². The molecule has 4 nitrogen and oxygen atoms in total. The fraction of sp³-hybridized carbons (Fsp3) is 0.571. The second-order valence-electron chi connectivity index (χ2n) is 4.89. The summed E-state index contributed by atoms with van der Waals surface area (Å²) < 4.78 is 0. The van der Waals surface area contributed by atoms with Crippen molar-refractivity contribution in [2.75, 3.05) is 18.4 Å². The molecule has 98 valence electrons. The predicted molar refractivity (Wildman–Crippen MR) is 72.9 cm³/mol. The van der Waals surface area contributed by atoms with Gasteiger partial charge in [0, 0.05) is 31.0 Å². The van der Waals surface area contributed by atoms with Crippen LogP contribution in [-0.2, 0) is 0 Å². The molecular weight excluding hydrogens is 226 g/mol. The molecule has 1 amide bonds. The zero-order chi connectivity index (χ0) is 13.1. The summed E-state index contributed by atoms with van der Waals surface area (Å²) in [6, 6.07) is 2.28. The number of carbonyl (C=O) groups is 1. The first-order chi connectivity index (χ1) is 8.63. The van der Waals surface area contributed by atoms with Gasteiger partial charge in [-0.05, 0) is 39.7 Å². The molecule has 1 saturated heterocycles. The van der Waals surface area contributed by atoms with E-state index in [0.717, 1.165) is 37.3 Å². The van der Waals surface area contributed by atoms with Gasteiger partial charge in [-0.15, -0.1) is 0 Å². The monoisotopic (exact) mass is 247 g/mol. The van der Waals surface area contributed by atoms with Gasteiger partial charge >= 0.3 is 0 Å². The maximum absolute atomic E-state index is 12.5. The summed E-state index contributed by atoms with van der Waals surface area (Å²) in [6.45, 7) is 7.74. The Morgan fingerprint density at radius 2 is 2.39 bits per heavy atom. The van der Waals surface area contributed by atoms with Crippen molar-refractivity contribution in [3.63, 3.8) is 0 Å². The normalized spacial score (nSPS) is 19.1. The van der Waals surface area contributed by atoms with Crippen LogP contribution in [0.5, 0.6) is 0 Å². The van der Waals surface area contributed by atoms with E-state index in [-0.39, 0.29) is 5.91 Å². The minimum absolute atomic E-state index is 0.100. The zero-order valence-electron chi connectivity index (χ0n) is 11.4. The van der Waals surface area contributed by atoms with E-state index in [0.29, 0.717) is 11.6 Å². The fourth-order valence-electron chi connectivity index (χ4n) is 2.46. The van der Waals surface area contributed by atoms with Crippen LogP contribution in [0, 0.1) is 6.92 Å². The Balaban J connectivity index is 2.29. The molecule has 0 bridgehead atoms. The van der Waals surface area contributed by atoms with Crippen LogP contribution in [0.4, 0.5) is 5.69 Å². The van der Waals surface area contributed by atoms with Crippen LogP contribution >= 0.6 is 0 Å². The molecule has 0 spiro atoms. The van der Waals surface area contributed by atoms with Crippen molar-refractivity contribution in [3.05, 3.63) is 23.5 Å². The largest absolute Gasteiger partial charge is 0.385 e. The van der Waals surface area contributed by atoms with Gasteiger partial charge in [-0.3, -0.25) is 9.78 Å². The summed E-state index contributed by atoms with van der Waals surface area (Å²) in [6.07, 6.45) is 3.89. The highest BCUT2D eigenvalue weighted by Crippen LogP contribution is 2.23. The van der Waals surface area contributed by atoms with Gasteiger partial charge in [0.2, 0.25) is 0 Å². The lowest BCUT2D eigenvalue weighted by Crippen LogP contribution is -2.34. The zero-order valence-corrected chi connectivity index (χ0v) is 11.4. The highest BCUT2D eigenvalue weighted by atomic mass is 16.2. The number of nitrogens with zero attached hydrogens (tertiary/aromatic N) is 2. The molecule has 1 aliphatic heterocycles. The summed E-state index contributed by atoms with van der Waals surface area (Å²) in [7, 11) is 0. The average molecular weight is 247 g/mol. The average Bonchev–Trinajstić information content (AvgIpc) is 2.75. The van der Waals surface area contributed by atoms with Crippen LogP contribution in [0.2, 0.25) is 0 Å². The lowest BCUT2D eigenvalue weighted by Gasteiger charge is -2.22. The maximum Gasteiger partial charge on any atom is 0.257 e. The standard InChI is InChI=1S/C14H21N3O/c1-4-15-13-8-10(2)16-9-12(13)14(18)17-7-5-6-11(17)3/h8-9,11H,4-7H2,1-3H3,(H,15,16). The number of aryl methyl sites for hydroxylation is 1. The second-order valence-corrected chi connectivity index (χ2v) is 4.89. The van der Waals surface area contributed by atoms with Crippen molar-refractivity contribution >= 4 is 11.6 Å². The third-order valence-corrected chi connectivity index (χ3v) is 3.45. The number of anilines is 1. The number of rotatable bonds is 3. The van der Waals surface area contributed by atoms with Gasteiger partial charge in [-0.1, -0.05) is 0 Å². The number of amides is 1. The number of hydrogen-bond acceptors (Lipinski definition) is 3. The topological polar surface area (TPSA) is 45.2 Å². The summed E-state index contributed by atoms with van der Waals surface area (Å²) in [5.41, 5.74) is 2.52. The fourth-order valence-corrected chi connectivity index (χ4v) is 2.46. The third-order valence-electron chi connectivity index (χ3n) is 3.45. The first-order valence-electron chi connectivity index (χ1n) is 6.65. The first kappa shape index (κ1) is 12.9. The van der Waals surface area contributed by atoms with Crippen molar-refractivity contribution in [1.82, 2.24) is 9.88 Å². The van der Waals surface area contributed by atoms with Crippen molar-refractivity contribution in [2.24, 2.45) is 0 Å². The lowest BCUT2D eigenvalue weighted by molar-refractivity contribution is 0.0748. The molecule has 0 saturated carbocycles. The Labute approximate surface area is 108 Å². The molecule has 1 N–H and O–H groups in total. The summed E-state index contributed by atoms with van der Waals surface area (Å²) >= 11 is 0. The smallest absolute Gasteiger partial charge is 0.257 e. The van der Waals surface area contributed by atoms with Crippen LogP contribution < -0.4 is 5.32 Å². The molecule has 2 rings (SSSR count). The Morgan fingerprint density at radius 1 is 1.61 bits per heavy atom. The molecule has 4 heteroatoms. The Morgan fingerprint density at radius 3 is 3.00 bits per heavy atom. The molecule has 1 atom stereocenters. The van der Waals surface area contributed by atoms with Gasteiger partial charge in [-0.2, -0.15) is 0 Å². The van der Waals surface area contributed by atoms with Crippen molar-refractivity contribution < 1.29 is 4.79 Å². The molecule has 1 aromatic rings. The number of carbonyl (C=O) groups excluding carboxylic acids is 1. The van der Waals surface area contributed by atoms with E-state index in [1.165, 1.54) is 0 Å². The van der Waals surface area contributed by atoms with E-state index in [4.69, 9.17) is 0 Å². The molecule has 18 heavy (non-hydrogen) atoms. The molecule has 0 aromatic carbocycles. The van der Waals surface area contributed by atoms with E-state index in [1.54, 1.807) is 6.20 Å². The molecule has 0 radical (unpaired) electrons. The van der Waals surface area contributed by atoms with Crippen LogP contribution in [0.3, 0.4) is 0 Å². The van der Waals surface area contributed by atoms with E-state index in [9.17, 15) is 4.79 Å². The number of pyridine rings is 1. The quantitative estimate of drug-likeness (QED) is 0.892. The SMILES string of the molecule is CCNc1cc(C)ncc1C(=O)N1CCCC1C. The van der Waals surface area contributed by atoms with E-state index < -0.39 is 0 Å². The first-order valence-corrected chi connectivity index (χ1v) is 6.65. The molecule has 1 aliphatic rings. The van der Waals surface area contributed by atoms with Gasteiger partial charge in [0.15, 0.2) is 0 Å². The lowest BCUT2D eigenvalue weighted by atomic mass is 10.1. The van der Waals surface area contributed by atoms with Gasteiger partial charge < -0.3 is 10.2 Å². The molecule has 0 aliphatic carbocycles. The van der Waals surface area contributed by atoms with Crippen LogP contribution in [0.25, 0.3) is 0 Å². The highest BCUT2D eigenvalue weighted by Gasteiger charge is 2.27. The minimum atomic E-state index is 0.100. The van der Waals surface area contributed by atoms with Crippen LogP contribution in [0.15, 0.2) is 12.3 Å². The predicted octanol–water partition coefficient (Wildman–Crippen LogP) is 2.45. The summed E-state index contributed by atoms with van der Waals surface area (Å²) in [4.78, 5) is 18.7. The molecule has 2 heterocycles. The van der Waals surface area contributed by atoms with Crippen molar-refractivity contribution in [1.29, 1.82) is 0 Å². The maximum atomic E-state index is 12.5. The molecule has 1 aromatic heterocycles. The Kier molecular flexibility index (Phi) is 3.84. The number of likely N-dealkylation sites (tertiary alicyclic amines) is 1. The Bertz CT molecular complexity index is 445. The third kappa shape index (κ3) is 2.47. The van der Waals surface area contributed by atoms with Crippen molar-refractivity contribution in [2.45, 2.75) is 39.7 Å². The second kappa shape index (κ2) is 5.38. The summed E-state index contributed by atoms with van der Waals surface area (Å²) in [5, 5.41) is 3.25. The molecule has 1 fully saturated rings. The minimum Gasteiger partial charge on any atom is -0.385 e. The van der Waals surface area contributed by atoms with Gasteiger partial charge in [0.05, 0.1) is 11.3 Å². The highest BCUT2D eigenvalue weighted by molar-refractivity contribution is 5.99. The summed E-state index contributed by atoms with van der Waals surface area (Å²) in [5.74, 6) is 0.100. The van der Waals surface area contributed by atoms with E-state index in [2.05, 4.69) is 17.2 Å².